The van der Waals surface area contributed by atoms with Crippen molar-refractivity contribution in [1.29, 1.82) is 0 Å². The number of hydrogen-bond donors (Lipinski definition) is 1. The van der Waals surface area contributed by atoms with E-state index in [2.05, 4.69) is 5.43 Å². The van der Waals surface area contributed by atoms with Gasteiger partial charge in [-0.25, -0.2) is 5.43 Å². The molecule has 0 radical (unpaired) electrons. The van der Waals surface area contributed by atoms with Gasteiger partial charge in [0.15, 0.2) is 0 Å². The average molecular weight is 168 g/mol. The summed E-state index contributed by atoms with van der Waals surface area (Å²) < 4.78 is 0. The van der Waals surface area contributed by atoms with Gasteiger partial charge in [0.25, 0.3) is 0 Å². The molecule has 0 aromatic rings. The number of carbonyl (C=O) groups excluding carboxylic acids is 1. The summed E-state index contributed by atoms with van der Waals surface area (Å²) in [5.74, 6) is 0.293. The quantitative estimate of drug-likeness (QED) is 0.635. The lowest BCUT2D eigenvalue weighted by molar-refractivity contribution is -0.132. The topological polar surface area (TPSA) is 32.3 Å². The molecule has 2 rings (SSSR count). The first kappa shape index (κ1) is 8.05. The fourth-order valence-corrected chi connectivity index (χ4v) is 2.16. The van der Waals surface area contributed by atoms with E-state index < -0.39 is 0 Å². The Kier molecular flexibility index (Phi) is 2.30. The van der Waals surface area contributed by atoms with Gasteiger partial charge >= 0.3 is 0 Å². The Hall–Kier alpha value is -0.570. The Morgan fingerprint density at radius 1 is 1.25 bits per heavy atom. The highest BCUT2D eigenvalue weighted by molar-refractivity contribution is 5.77. The maximum atomic E-state index is 11.3. The first-order valence-corrected chi connectivity index (χ1v) is 4.93. The lowest BCUT2D eigenvalue weighted by Gasteiger charge is -2.30. The molecule has 0 atom stereocenters. The molecule has 3 nitrogen and oxygen atoms in total. The van der Waals surface area contributed by atoms with E-state index in [1.54, 1.807) is 0 Å². The van der Waals surface area contributed by atoms with Crippen LogP contribution in [0.25, 0.3) is 0 Å². The molecule has 0 aromatic heterocycles. The van der Waals surface area contributed by atoms with Gasteiger partial charge in [-0.3, -0.25) is 9.80 Å². The Balaban J connectivity index is 1.93. The van der Waals surface area contributed by atoms with E-state index in [1.807, 2.05) is 5.01 Å². The number of amides is 1. The summed E-state index contributed by atoms with van der Waals surface area (Å²) in [6.45, 7) is 0.843. The zero-order chi connectivity index (χ0) is 8.39. The van der Waals surface area contributed by atoms with Crippen molar-refractivity contribution in [3.63, 3.8) is 0 Å². The van der Waals surface area contributed by atoms with Crippen LogP contribution in [0.1, 0.15) is 38.5 Å². The Bertz CT molecular complexity index is 175. The summed E-state index contributed by atoms with van der Waals surface area (Å²) in [7, 11) is 0. The van der Waals surface area contributed by atoms with Crippen molar-refractivity contribution in [3.05, 3.63) is 0 Å². The summed E-state index contributed by atoms with van der Waals surface area (Å²) in [5, 5.41) is 1.87. The molecule has 0 spiro atoms. The smallest absolute Gasteiger partial charge is 0.238 e. The average Bonchev–Trinajstić information content (AvgIpc) is 2.53. The largest absolute Gasteiger partial charge is 0.275 e. The Morgan fingerprint density at radius 3 is 2.58 bits per heavy atom. The standard InChI is InChI=1S/C9H16N2O/c12-9-6-7-10-11(9)8-4-2-1-3-5-8/h8,10H,1-7H2. The van der Waals surface area contributed by atoms with Gasteiger partial charge in [-0.2, -0.15) is 0 Å². The zero-order valence-electron chi connectivity index (χ0n) is 7.38. The third-order valence-electron chi connectivity index (χ3n) is 2.83. The molecular formula is C9H16N2O. The van der Waals surface area contributed by atoms with Crippen LogP contribution in [0, 0.1) is 0 Å². The van der Waals surface area contributed by atoms with Gasteiger partial charge in [-0.15, -0.1) is 0 Å². The summed E-state index contributed by atoms with van der Waals surface area (Å²) in [4.78, 5) is 11.3. The van der Waals surface area contributed by atoms with E-state index in [1.165, 1.54) is 32.1 Å². The van der Waals surface area contributed by atoms with E-state index in [0.29, 0.717) is 18.4 Å². The van der Waals surface area contributed by atoms with Crippen LogP contribution >= 0.6 is 0 Å². The van der Waals surface area contributed by atoms with Gasteiger partial charge in [0.05, 0.1) is 0 Å². The van der Waals surface area contributed by atoms with Crippen molar-refractivity contribution >= 4 is 5.91 Å². The Morgan fingerprint density at radius 2 is 2.00 bits per heavy atom. The molecule has 1 aliphatic heterocycles. The highest BCUT2D eigenvalue weighted by atomic mass is 16.2. The van der Waals surface area contributed by atoms with Crippen LogP contribution in [-0.2, 0) is 4.79 Å². The fourth-order valence-electron chi connectivity index (χ4n) is 2.16. The third-order valence-corrected chi connectivity index (χ3v) is 2.83. The van der Waals surface area contributed by atoms with Gasteiger partial charge in [0, 0.05) is 19.0 Å². The summed E-state index contributed by atoms with van der Waals surface area (Å²) in [6.07, 6.45) is 7.00. The third kappa shape index (κ3) is 1.46. The molecule has 1 saturated heterocycles. The van der Waals surface area contributed by atoms with Crippen LogP contribution in [0.5, 0.6) is 0 Å². The van der Waals surface area contributed by atoms with Crippen LogP contribution in [0.3, 0.4) is 0 Å². The van der Waals surface area contributed by atoms with Crippen molar-refractivity contribution in [2.75, 3.05) is 6.54 Å². The Labute approximate surface area is 73.1 Å². The highest BCUT2D eigenvalue weighted by Crippen LogP contribution is 2.23. The van der Waals surface area contributed by atoms with E-state index in [0.717, 1.165) is 6.54 Å². The first-order chi connectivity index (χ1) is 5.88. The summed E-state index contributed by atoms with van der Waals surface area (Å²) in [6, 6.07) is 0.494. The van der Waals surface area contributed by atoms with Crippen molar-refractivity contribution in [1.82, 2.24) is 10.4 Å². The lowest BCUT2D eigenvalue weighted by Crippen LogP contribution is -2.44. The molecule has 0 unspecified atom stereocenters. The molecule has 0 aromatic carbocycles. The molecule has 1 saturated carbocycles. The molecule has 3 heteroatoms. The number of hydrogen-bond acceptors (Lipinski definition) is 2. The number of carbonyl (C=O) groups is 1. The first-order valence-electron chi connectivity index (χ1n) is 4.93. The number of rotatable bonds is 1. The molecule has 1 heterocycles. The van der Waals surface area contributed by atoms with Crippen molar-refractivity contribution < 1.29 is 4.79 Å². The number of hydrazine groups is 1. The summed E-state index contributed by atoms with van der Waals surface area (Å²) in [5.41, 5.74) is 3.16. The highest BCUT2D eigenvalue weighted by Gasteiger charge is 2.28. The minimum absolute atomic E-state index is 0.293. The SMILES string of the molecule is O=C1CCNN1C1CCCCC1. The maximum Gasteiger partial charge on any atom is 0.238 e. The molecule has 1 amide bonds. The predicted octanol–water partition coefficient (Wildman–Crippen LogP) is 1.06. The minimum atomic E-state index is 0.293. The number of nitrogens with zero attached hydrogens (tertiary/aromatic N) is 1. The predicted molar refractivity (Wildman–Crippen MR) is 46.3 cm³/mol. The monoisotopic (exact) mass is 168 g/mol. The molecule has 2 fully saturated rings. The van der Waals surface area contributed by atoms with Crippen LogP contribution < -0.4 is 5.43 Å². The minimum Gasteiger partial charge on any atom is -0.275 e. The maximum absolute atomic E-state index is 11.3. The number of nitrogens with one attached hydrogen (secondary N) is 1. The van der Waals surface area contributed by atoms with Crippen LogP contribution in [0.15, 0.2) is 0 Å². The second kappa shape index (κ2) is 3.44. The van der Waals surface area contributed by atoms with Gasteiger partial charge < -0.3 is 0 Å². The molecule has 0 bridgehead atoms. The van der Waals surface area contributed by atoms with Gasteiger partial charge in [-0.05, 0) is 12.8 Å². The van der Waals surface area contributed by atoms with Gasteiger partial charge in [-0.1, -0.05) is 19.3 Å². The lowest BCUT2D eigenvalue weighted by atomic mass is 9.95. The van der Waals surface area contributed by atoms with E-state index in [9.17, 15) is 4.79 Å². The van der Waals surface area contributed by atoms with Crippen molar-refractivity contribution in [2.45, 2.75) is 44.6 Å². The van der Waals surface area contributed by atoms with Crippen molar-refractivity contribution in [3.8, 4) is 0 Å². The summed E-state index contributed by atoms with van der Waals surface area (Å²) >= 11 is 0. The van der Waals surface area contributed by atoms with E-state index >= 15 is 0 Å². The molecular weight excluding hydrogens is 152 g/mol. The van der Waals surface area contributed by atoms with Crippen LogP contribution in [0.2, 0.25) is 0 Å². The fraction of sp³-hybridized carbons (Fsp3) is 0.889. The van der Waals surface area contributed by atoms with Crippen molar-refractivity contribution in [2.24, 2.45) is 0 Å². The second-order valence-corrected chi connectivity index (χ2v) is 3.71. The van der Waals surface area contributed by atoms with E-state index in [4.69, 9.17) is 0 Å². The van der Waals surface area contributed by atoms with Crippen LogP contribution in [-0.4, -0.2) is 23.5 Å². The molecule has 12 heavy (non-hydrogen) atoms. The van der Waals surface area contributed by atoms with Gasteiger partial charge in [0.1, 0.15) is 0 Å². The normalized spacial score (nSPS) is 26.7. The molecule has 1 N–H and O–H groups in total. The molecule has 2 aliphatic rings. The second-order valence-electron chi connectivity index (χ2n) is 3.71. The molecule has 1 aliphatic carbocycles. The van der Waals surface area contributed by atoms with Crippen LogP contribution in [0.4, 0.5) is 0 Å². The van der Waals surface area contributed by atoms with E-state index in [-0.39, 0.29) is 0 Å². The zero-order valence-corrected chi connectivity index (χ0v) is 7.38. The molecule has 68 valence electrons. The van der Waals surface area contributed by atoms with Gasteiger partial charge in [0.2, 0.25) is 5.91 Å².